The molecule has 276 valence electrons. The van der Waals surface area contributed by atoms with Crippen molar-refractivity contribution in [3.8, 4) is 0 Å². The van der Waals surface area contributed by atoms with Crippen LogP contribution in [0.2, 0.25) is 39.3 Å². The summed E-state index contributed by atoms with van der Waals surface area (Å²) >= 11 is 0. The van der Waals surface area contributed by atoms with Crippen LogP contribution in [0, 0.1) is 0 Å². The van der Waals surface area contributed by atoms with Gasteiger partial charge < -0.3 is 0 Å². The van der Waals surface area contributed by atoms with E-state index in [0.717, 1.165) is 0 Å². The molecule has 8 aromatic carbocycles. The van der Waals surface area contributed by atoms with Crippen LogP contribution >= 0.6 is 14.3 Å². The average Bonchev–Trinajstić information content (AvgIpc) is 3.17. The van der Waals surface area contributed by atoms with E-state index in [9.17, 15) is 0 Å². The Bertz CT molecular complexity index is 2640. The molecule has 0 aromatic heterocycles. The summed E-state index contributed by atoms with van der Waals surface area (Å²) < 4.78 is 0. The fourth-order valence-electron chi connectivity index (χ4n) is 9.21. The van der Waals surface area contributed by atoms with Crippen molar-refractivity contribution in [3.63, 3.8) is 0 Å². The van der Waals surface area contributed by atoms with E-state index in [0.29, 0.717) is 0 Å². The molecule has 0 fully saturated rings. The van der Waals surface area contributed by atoms with Crippen molar-refractivity contribution in [2.24, 2.45) is 0 Å². The van der Waals surface area contributed by atoms with E-state index in [2.05, 4.69) is 215 Å². The Morgan fingerprint density at radius 1 is 0.400 bits per heavy atom. The Morgan fingerprint density at radius 3 is 0.964 bits per heavy atom. The van der Waals surface area contributed by atoms with Crippen LogP contribution in [0.5, 0.6) is 0 Å². The molecular weight excluding hydrogens is 735 g/mol. The van der Waals surface area contributed by atoms with Crippen molar-refractivity contribution in [1.82, 2.24) is 0 Å². The van der Waals surface area contributed by atoms with Gasteiger partial charge in [0.15, 0.2) is 0 Å². The summed E-state index contributed by atoms with van der Waals surface area (Å²) in [5, 5.41) is 16.6. The molecule has 0 saturated carbocycles. The third-order valence-electron chi connectivity index (χ3n) is 12.6. The first-order chi connectivity index (χ1) is 26.2. The van der Waals surface area contributed by atoms with Crippen molar-refractivity contribution in [2.45, 2.75) is 39.3 Å². The van der Waals surface area contributed by atoms with Crippen molar-refractivity contribution >= 4 is 117 Å². The quantitative estimate of drug-likeness (QED) is 0.127. The van der Waals surface area contributed by atoms with Crippen LogP contribution in [0.25, 0.3) is 43.1 Å². The van der Waals surface area contributed by atoms with E-state index in [4.69, 9.17) is 0 Å². The van der Waals surface area contributed by atoms with Gasteiger partial charge in [-0.1, -0.05) is 0 Å². The van der Waals surface area contributed by atoms with Crippen molar-refractivity contribution < 1.29 is 0 Å². The minimum absolute atomic E-state index is 0.756. The number of rotatable bonds is 2. The van der Waals surface area contributed by atoms with Gasteiger partial charge in [0.2, 0.25) is 0 Å². The van der Waals surface area contributed by atoms with E-state index < -0.39 is 29.8 Å². The number of fused-ring (bicyclic) bond motifs is 8. The summed E-state index contributed by atoms with van der Waals surface area (Å²) in [4.78, 5) is 5.24. The zero-order chi connectivity index (χ0) is 38.4. The number of hydrogen-bond acceptors (Lipinski definition) is 2. The molecule has 0 radical (unpaired) electrons. The molecule has 2 nitrogen and oxygen atoms in total. The van der Waals surface area contributed by atoms with Gasteiger partial charge in [0.05, 0.1) is 0 Å². The predicted octanol–water partition coefficient (Wildman–Crippen LogP) is 12.6. The first-order valence-electron chi connectivity index (χ1n) is 19.6. The Hall–Kier alpha value is -4.31. The Morgan fingerprint density at radius 2 is 0.673 bits per heavy atom. The van der Waals surface area contributed by atoms with E-state index >= 15 is 0 Å². The fourth-order valence-corrected chi connectivity index (χ4v) is 28.1. The molecule has 0 atom stereocenters. The average molecular weight is 787 g/mol. The summed E-state index contributed by atoms with van der Waals surface area (Å²) in [5.41, 5.74) is 5.41. The zero-order valence-corrected chi connectivity index (χ0v) is 37.6. The van der Waals surface area contributed by atoms with Crippen LogP contribution in [0.1, 0.15) is 0 Å². The van der Waals surface area contributed by atoms with Crippen LogP contribution < -0.4 is 31.0 Å². The van der Waals surface area contributed by atoms with Gasteiger partial charge in [0.25, 0.3) is 0 Å². The Kier molecular flexibility index (Phi) is 8.68. The standard InChI is InChI=1S/C49H52N2P2Si2/c1-50-42-26-34-18-10-14-22-38(34)30-46(42)52(54(4,5)6)47-31-39-23-15-11-19-35(39)27-43(47)51(2)45-29-37-21-13-17-25-41(37)33-49(45)53(3,55(7,8)9)48-32-40-24-16-12-20-36(40)28-44(48)50/h10-33,53H,1-9H3. The third kappa shape index (κ3) is 5.88. The molecule has 0 amide bonds. The van der Waals surface area contributed by atoms with Gasteiger partial charge in [0, 0.05) is 0 Å². The maximum atomic E-state index is 2.71. The van der Waals surface area contributed by atoms with Gasteiger partial charge in [0.1, 0.15) is 0 Å². The van der Waals surface area contributed by atoms with E-state index in [1.165, 1.54) is 76.4 Å². The number of nitrogens with zero attached hydrogens (tertiary/aromatic N) is 2. The molecule has 6 heteroatoms. The number of benzene rings is 8. The van der Waals surface area contributed by atoms with Crippen molar-refractivity contribution in [3.05, 3.63) is 146 Å². The van der Waals surface area contributed by atoms with E-state index in [1.807, 2.05) is 0 Å². The van der Waals surface area contributed by atoms with Gasteiger partial charge >= 0.3 is 332 Å². The van der Waals surface area contributed by atoms with Gasteiger partial charge in [-0.15, -0.1) is 0 Å². The third-order valence-corrected chi connectivity index (χ3v) is 37.7. The van der Waals surface area contributed by atoms with Crippen LogP contribution in [0.3, 0.4) is 0 Å². The second-order valence-corrected chi connectivity index (χ2v) is 44.5. The minimum atomic E-state index is -2.51. The second kappa shape index (κ2) is 13.1. The number of hydrogen-bond donors (Lipinski definition) is 0. The molecule has 0 unspecified atom stereocenters. The van der Waals surface area contributed by atoms with E-state index in [-0.39, 0.29) is 0 Å². The van der Waals surface area contributed by atoms with Crippen LogP contribution in [0.15, 0.2) is 146 Å². The maximum absolute atomic E-state index is 2.71. The predicted molar refractivity (Wildman–Crippen MR) is 258 cm³/mol. The van der Waals surface area contributed by atoms with Crippen LogP contribution in [0.4, 0.5) is 22.7 Å². The summed E-state index contributed by atoms with van der Waals surface area (Å²) in [7, 11) is 0.117. The normalized spacial score (nSPS) is 16.6. The van der Waals surface area contributed by atoms with Gasteiger partial charge in [-0.2, -0.15) is 0 Å². The van der Waals surface area contributed by atoms with Gasteiger partial charge in [-0.05, 0) is 0 Å². The molecule has 8 aromatic rings. The van der Waals surface area contributed by atoms with Crippen LogP contribution in [-0.4, -0.2) is 36.2 Å². The molecule has 1 aliphatic rings. The molecule has 1 heterocycles. The monoisotopic (exact) mass is 786 g/mol. The fraction of sp³-hybridized carbons (Fsp3) is 0.184. The SMILES string of the molecule is CN1c2cc3ccccc3cc2P([Si](C)(C)C)c2cc3ccccc3cc2N(C)c2cc3ccccc3cc2[PH](C)([Si](C)(C)C)c2cc3ccccc3cc21. The number of anilines is 4. The van der Waals surface area contributed by atoms with Crippen LogP contribution in [-0.2, 0) is 0 Å². The van der Waals surface area contributed by atoms with Gasteiger partial charge in [-0.25, -0.2) is 0 Å². The molecule has 1 aliphatic heterocycles. The van der Waals surface area contributed by atoms with E-state index in [1.54, 1.807) is 10.6 Å². The summed E-state index contributed by atoms with van der Waals surface area (Å²) in [5.74, 6) is 0. The topological polar surface area (TPSA) is 6.48 Å². The molecular formula is C49H52N2P2Si2. The molecule has 0 saturated heterocycles. The molecule has 0 spiro atoms. The molecule has 0 N–H and O–H groups in total. The summed E-state index contributed by atoms with van der Waals surface area (Å²) in [6.07, 6.45) is 0. The van der Waals surface area contributed by atoms with Gasteiger partial charge in [-0.3, -0.25) is 0 Å². The molecule has 0 bridgehead atoms. The molecule has 55 heavy (non-hydrogen) atoms. The Labute approximate surface area is 330 Å². The molecule has 0 aliphatic carbocycles. The second-order valence-electron chi connectivity index (χ2n) is 17.8. The first kappa shape index (κ1) is 36.3. The zero-order valence-electron chi connectivity index (χ0n) is 33.7. The molecule has 9 rings (SSSR count). The summed E-state index contributed by atoms with van der Waals surface area (Å²) in [6.45, 7) is 15.9. The Balaban J connectivity index is 1.52. The van der Waals surface area contributed by atoms with Crippen molar-refractivity contribution in [1.29, 1.82) is 0 Å². The van der Waals surface area contributed by atoms with Crippen molar-refractivity contribution in [2.75, 3.05) is 30.6 Å². The summed E-state index contributed by atoms with van der Waals surface area (Å²) in [6, 6.07) is 56.6. The first-order valence-corrected chi connectivity index (χ1v) is 32.3.